The Kier molecular flexibility index (Phi) is 5.07. The van der Waals surface area contributed by atoms with Crippen molar-refractivity contribution in [1.29, 1.82) is 0 Å². The lowest BCUT2D eigenvalue weighted by molar-refractivity contribution is -0.102. The minimum absolute atomic E-state index is 0.152. The summed E-state index contributed by atoms with van der Waals surface area (Å²) in [5, 5.41) is 3.62. The molecule has 1 rings (SSSR count). The second-order valence-electron chi connectivity index (χ2n) is 4.98. The zero-order valence-electron chi connectivity index (χ0n) is 10.8. The summed E-state index contributed by atoms with van der Waals surface area (Å²) in [6.45, 7) is 7.85. The van der Waals surface area contributed by atoms with Gasteiger partial charge in [0.2, 0.25) is 0 Å². The Morgan fingerprint density at radius 2 is 2.00 bits per heavy atom. The van der Waals surface area contributed by atoms with Crippen LogP contribution in [0.2, 0.25) is 0 Å². The molecule has 1 aliphatic carbocycles. The molecule has 0 aromatic rings. The summed E-state index contributed by atoms with van der Waals surface area (Å²) in [5.41, 5.74) is 0.152. The molecule has 2 heteroatoms. The van der Waals surface area contributed by atoms with E-state index in [2.05, 4.69) is 26.1 Å². The molecule has 1 N–H and O–H groups in total. The lowest BCUT2D eigenvalue weighted by atomic mass is 9.72. The molecular formula is C13H27NO. The van der Waals surface area contributed by atoms with E-state index in [0.29, 0.717) is 6.04 Å². The lowest BCUT2D eigenvalue weighted by Gasteiger charge is -2.47. The number of likely N-dealkylation sites (N-methyl/N-ethyl adjacent to an activating group) is 1. The second-order valence-corrected chi connectivity index (χ2v) is 4.98. The molecule has 0 heterocycles. The lowest BCUT2D eigenvalue weighted by Crippen LogP contribution is -2.56. The first-order valence-corrected chi connectivity index (χ1v) is 6.47. The molecule has 0 spiro atoms. The highest BCUT2D eigenvalue weighted by Gasteiger charge is 2.44. The Hall–Kier alpha value is -0.0800. The summed E-state index contributed by atoms with van der Waals surface area (Å²) in [7, 11) is 1.88. The van der Waals surface area contributed by atoms with Crippen LogP contribution in [-0.4, -0.2) is 25.3 Å². The number of rotatable bonds is 7. The van der Waals surface area contributed by atoms with Gasteiger partial charge in [-0.25, -0.2) is 0 Å². The van der Waals surface area contributed by atoms with E-state index in [9.17, 15) is 0 Å². The number of ether oxygens (including phenoxy) is 1. The fourth-order valence-electron chi connectivity index (χ4n) is 2.52. The maximum atomic E-state index is 5.77. The molecule has 0 radical (unpaired) electrons. The first-order chi connectivity index (χ1) is 7.18. The van der Waals surface area contributed by atoms with Crippen molar-refractivity contribution in [3.8, 4) is 0 Å². The maximum Gasteiger partial charge on any atom is 0.0831 e. The average molecular weight is 213 g/mol. The third-order valence-corrected chi connectivity index (χ3v) is 4.03. The van der Waals surface area contributed by atoms with Gasteiger partial charge < -0.3 is 10.1 Å². The minimum atomic E-state index is 0.152. The average Bonchev–Trinajstić information content (AvgIpc) is 2.17. The molecule has 1 aliphatic rings. The predicted octanol–water partition coefficient (Wildman–Crippen LogP) is 2.97. The van der Waals surface area contributed by atoms with Crippen LogP contribution < -0.4 is 5.32 Å². The molecule has 0 aliphatic heterocycles. The van der Waals surface area contributed by atoms with Crippen LogP contribution in [0, 0.1) is 5.92 Å². The van der Waals surface area contributed by atoms with E-state index in [4.69, 9.17) is 4.74 Å². The summed E-state index contributed by atoms with van der Waals surface area (Å²) in [6, 6.07) is 0.552. The highest BCUT2D eigenvalue weighted by molar-refractivity contribution is 4.99. The minimum Gasteiger partial charge on any atom is -0.377 e. The van der Waals surface area contributed by atoms with Gasteiger partial charge in [0.15, 0.2) is 0 Å². The van der Waals surface area contributed by atoms with Gasteiger partial charge >= 0.3 is 0 Å². The first-order valence-electron chi connectivity index (χ1n) is 6.47. The number of methoxy groups -OCH3 is 1. The van der Waals surface area contributed by atoms with Gasteiger partial charge in [0.05, 0.1) is 5.60 Å². The zero-order valence-corrected chi connectivity index (χ0v) is 10.8. The van der Waals surface area contributed by atoms with E-state index in [-0.39, 0.29) is 5.60 Å². The quantitative estimate of drug-likeness (QED) is 0.702. The van der Waals surface area contributed by atoms with Crippen LogP contribution in [0.25, 0.3) is 0 Å². The van der Waals surface area contributed by atoms with Crippen LogP contribution in [0.4, 0.5) is 0 Å². The molecule has 2 atom stereocenters. The van der Waals surface area contributed by atoms with E-state index in [1.54, 1.807) is 0 Å². The van der Waals surface area contributed by atoms with Crippen LogP contribution in [0.1, 0.15) is 52.9 Å². The molecule has 1 saturated carbocycles. The van der Waals surface area contributed by atoms with Crippen molar-refractivity contribution in [1.82, 2.24) is 5.32 Å². The maximum absolute atomic E-state index is 5.77. The number of hydrogen-bond acceptors (Lipinski definition) is 2. The van der Waals surface area contributed by atoms with Crippen molar-refractivity contribution >= 4 is 0 Å². The van der Waals surface area contributed by atoms with Crippen LogP contribution in [0.3, 0.4) is 0 Å². The third-order valence-electron chi connectivity index (χ3n) is 4.03. The first kappa shape index (κ1) is 13.0. The largest absolute Gasteiger partial charge is 0.377 e. The molecule has 2 unspecified atom stereocenters. The van der Waals surface area contributed by atoms with E-state index < -0.39 is 0 Å². The third kappa shape index (κ3) is 2.94. The molecule has 2 nitrogen and oxygen atoms in total. The standard InChI is InChI=1S/C13H27NO/c1-5-11(3)10-12(14-6-2)13(15-4)8-7-9-13/h11-12,14H,5-10H2,1-4H3. The van der Waals surface area contributed by atoms with Crippen molar-refractivity contribution in [2.45, 2.75) is 64.5 Å². The van der Waals surface area contributed by atoms with Crippen molar-refractivity contribution in [3.63, 3.8) is 0 Å². The molecule has 1 fully saturated rings. The van der Waals surface area contributed by atoms with Crippen LogP contribution in [-0.2, 0) is 4.74 Å². The van der Waals surface area contributed by atoms with Gasteiger partial charge in [-0.05, 0) is 38.1 Å². The molecule has 0 aromatic carbocycles. The van der Waals surface area contributed by atoms with Gasteiger partial charge in [-0.15, -0.1) is 0 Å². The Morgan fingerprint density at radius 3 is 2.33 bits per heavy atom. The summed E-state index contributed by atoms with van der Waals surface area (Å²) in [5.74, 6) is 0.793. The van der Waals surface area contributed by atoms with Crippen LogP contribution in [0.5, 0.6) is 0 Å². The predicted molar refractivity (Wildman–Crippen MR) is 65.1 cm³/mol. The molecular weight excluding hydrogens is 186 g/mol. The van der Waals surface area contributed by atoms with Gasteiger partial charge in [0.25, 0.3) is 0 Å². The fraction of sp³-hybridized carbons (Fsp3) is 1.00. The van der Waals surface area contributed by atoms with Crippen molar-refractivity contribution < 1.29 is 4.74 Å². The van der Waals surface area contributed by atoms with Gasteiger partial charge in [-0.1, -0.05) is 27.2 Å². The van der Waals surface area contributed by atoms with Gasteiger partial charge in [0.1, 0.15) is 0 Å². The SMILES string of the molecule is CCNC(CC(C)CC)C1(OC)CCC1. The molecule has 15 heavy (non-hydrogen) atoms. The topological polar surface area (TPSA) is 21.3 Å². The van der Waals surface area contributed by atoms with E-state index in [1.807, 2.05) is 7.11 Å². The summed E-state index contributed by atoms with van der Waals surface area (Å²) in [6.07, 6.45) is 6.31. The van der Waals surface area contributed by atoms with Gasteiger partial charge in [-0.3, -0.25) is 0 Å². The van der Waals surface area contributed by atoms with Crippen molar-refractivity contribution in [2.75, 3.05) is 13.7 Å². The van der Waals surface area contributed by atoms with E-state index >= 15 is 0 Å². The number of nitrogens with one attached hydrogen (secondary N) is 1. The normalized spacial score (nSPS) is 23.2. The Balaban J connectivity index is 2.55. The summed E-state index contributed by atoms with van der Waals surface area (Å²) in [4.78, 5) is 0. The van der Waals surface area contributed by atoms with Gasteiger partial charge in [-0.2, -0.15) is 0 Å². The monoisotopic (exact) mass is 213 g/mol. The summed E-state index contributed by atoms with van der Waals surface area (Å²) < 4.78 is 5.77. The molecule has 0 saturated heterocycles. The summed E-state index contributed by atoms with van der Waals surface area (Å²) >= 11 is 0. The van der Waals surface area contributed by atoms with Gasteiger partial charge in [0, 0.05) is 13.2 Å². The van der Waals surface area contributed by atoms with Crippen LogP contribution >= 0.6 is 0 Å². The zero-order chi connectivity index (χ0) is 11.3. The number of hydrogen-bond donors (Lipinski definition) is 1. The Labute approximate surface area is 94.8 Å². The Morgan fingerprint density at radius 1 is 1.33 bits per heavy atom. The Bertz CT molecular complexity index is 172. The molecule has 0 bridgehead atoms. The van der Waals surface area contributed by atoms with E-state index in [0.717, 1.165) is 12.5 Å². The smallest absolute Gasteiger partial charge is 0.0831 e. The molecule has 90 valence electrons. The highest BCUT2D eigenvalue weighted by Crippen LogP contribution is 2.40. The second kappa shape index (κ2) is 5.86. The fourth-order valence-corrected chi connectivity index (χ4v) is 2.52. The van der Waals surface area contributed by atoms with Crippen molar-refractivity contribution in [2.24, 2.45) is 5.92 Å². The molecule has 0 aromatic heterocycles. The molecule has 0 amide bonds. The van der Waals surface area contributed by atoms with Crippen molar-refractivity contribution in [3.05, 3.63) is 0 Å². The van der Waals surface area contributed by atoms with Crippen LogP contribution in [0.15, 0.2) is 0 Å². The van der Waals surface area contributed by atoms with E-state index in [1.165, 1.54) is 32.1 Å². The highest BCUT2D eigenvalue weighted by atomic mass is 16.5.